The number of hydrogen-bond donors (Lipinski definition) is 0. The normalized spacial score (nSPS) is 33.0. The molecule has 0 radical (unpaired) electrons. The van der Waals surface area contributed by atoms with Crippen molar-refractivity contribution in [2.45, 2.75) is 32.0 Å². The largest absolute Gasteiger partial charge is 0.361 e. The van der Waals surface area contributed by atoms with Crippen LogP contribution in [0.1, 0.15) is 19.8 Å². The molecule has 3 heteroatoms. The Bertz CT molecular complexity index is 121. The van der Waals surface area contributed by atoms with Crippen molar-refractivity contribution in [3.05, 3.63) is 0 Å². The Labute approximate surface area is 82.4 Å². The molecule has 1 aliphatic rings. The highest BCUT2D eigenvalue weighted by atomic mass is 127. The molecule has 0 aromatic heterocycles. The van der Waals surface area contributed by atoms with Crippen molar-refractivity contribution >= 4 is 22.6 Å². The van der Waals surface area contributed by atoms with Gasteiger partial charge in [-0.15, -0.1) is 0 Å². The lowest BCUT2D eigenvalue weighted by atomic mass is 10.3. The van der Waals surface area contributed by atoms with Crippen LogP contribution in [-0.2, 0) is 4.74 Å². The lowest BCUT2D eigenvalue weighted by molar-refractivity contribution is 0.0373. The summed E-state index contributed by atoms with van der Waals surface area (Å²) in [7, 11) is 2.16. The molecule has 2 unspecified atom stereocenters. The monoisotopic (exact) mass is 269 g/mol. The van der Waals surface area contributed by atoms with E-state index in [1.165, 1.54) is 17.3 Å². The van der Waals surface area contributed by atoms with Gasteiger partial charge in [-0.05, 0) is 13.5 Å². The first-order valence-corrected chi connectivity index (χ1v) is 5.71. The van der Waals surface area contributed by atoms with E-state index in [4.69, 9.17) is 4.74 Å². The molecule has 0 N–H and O–H groups in total. The number of alkyl halides is 1. The Balaban J connectivity index is 2.35. The molecule has 1 saturated heterocycles. The number of rotatable bonds is 3. The van der Waals surface area contributed by atoms with E-state index in [9.17, 15) is 0 Å². The SMILES string of the molecule is CCCC1OCC(CI)N1C. The third-order valence-corrected chi connectivity index (χ3v) is 3.24. The number of hydrogen-bond acceptors (Lipinski definition) is 2. The van der Waals surface area contributed by atoms with Crippen LogP contribution < -0.4 is 0 Å². The first kappa shape index (κ1) is 9.74. The fraction of sp³-hybridized carbons (Fsp3) is 1.00. The standard InChI is InChI=1S/C8H16INO/c1-3-4-8-10(2)7(5-9)6-11-8/h7-8H,3-6H2,1-2H3. The van der Waals surface area contributed by atoms with Crippen LogP contribution in [0.2, 0.25) is 0 Å². The minimum absolute atomic E-state index is 0.389. The van der Waals surface area contributed by atoms with Gasteiger partial charge in [0.15, 0.2) is 0 Å². The van der Waals surface area contributed by atoms with Gasteiger partial charge in [0.05, 0.1) is 6.61 Å². The van der Waals surface area contributed by atoms with Gasteiger partial charge in [-0.3, -0.25) is 4.90 Å². The van der Waals surface area contributed by atoms with Gasteiger partial charge in [0, 0.05) is 10.5 Å². The Morgan fingerprint density at radius 2 is 2.36 bits per heavy atom. The van der Waals surface area contributed by atoms with E-state index in [0.29, 0.717) is 12.3 Å². The summed E-state index contributed by atoms with van der Waals surface area (Å²) < 4.78 is 6.81. The maximum Gasteiger partial charge on any atom is 0.110 e. The molecule has 1 aliphatic heterocycles. The van der Waals surface area contributed by atoms with E-state index in [-0.39, 0.29) is 0 Å². The van der Waals surface area contributed by atoms with Crippen molar-refractivity contribution in [2.24, 2.45) is 0 Å². The summed E-state index contributed by atoms with van der Waals surface area (Å²) in [6.45, 7) is 3.12. The topological polar surface area (TPSA) is 12.5 Å². The molecule has 11 heavy (non-hydrogen) atoms. The molecule has 0 amide bonds. The van der Waals surface area contributed by atoms with Crippen molar-refractivity contribution in [1.29, 1.82) is 0 Å². The zero-order chi connectivity index (χ0) is 8.27. The Morgan fingerprint density at radius 1 is 1.64 bits per heavy atom. The summed E-state index contributed by atoms with van der Waals surface area (Å²) in [6.07, 6.45) is 2.77. The summed E-state index contributed by atoms with van der Waals surface area (Å²) in [6, 6.07) is 0.646. The van der Waals surface area contributed by atoms with Crippen LogP contribution in [0.4, 0.5) is 0 Å². The zero-order valence-electron chi connectivity index (χ0n) is 7.22. The van der Waals surface area contributed by atoms with Crippen LogP contribution in [0.3, 0.4) is 0 Å². The summed E-state index contributed by atoms with van der Waals surface area (Å²) in [4.78, 5) is 2.36. The van der Waals surface area contributed by atoms with E-state index in [1.54, 1.807) is 0 Å². The highest BCUT2D eigenvalue weighted by Gasteiger charge is 2.29. The van der Waals surface area contributed by atoms with E-state index in [1.807, 2.05) is 0 Å². The maximum absolute atomic E-state index is 5.63. The van der Waals surface area contributed by atoms with Crippen molar-refractivity contribution in [3.63, 3.8) is 0 Å². The minimum atomic E-state index is 0.389. The molecule has 1 heterocycles. The average molecular weight is 269 g/mol. The molecule has 0 aliphatic carbocycles. The molecular formula is C8H16INO. The van der Waals surface area contributed by atoms with E-state index < -0.39 is 0 Å². The predicted octanol–water partition coefficient (Wildman–Crippen LogP) is 1.88. The molecule has 2 atom stereocenters. The number of halogens is 1. The van der Waals surface area contributed by atoms with Crippen LogP contribution >= 0.6 is 22.6 Å². The fourth-order valence-corrected chi connectivity index (χ4v) is 2.26. The quantitative estimate of drug-likeness (QED) is 0.573. The third kappa shape index (κ3) is 2.29. The molecule has 2 nitrogen and oxygen atoms in total. The Morgan fingerprint density at radius 3 is 2.82 bits per heavy atom. The van der Waals surface area contributed by atoms with Crippen LogP contribution in [-0.4, -0.2) is 35.3 Å². The lowest BCUT2D eigenvalue weighted by Gasteiger charge is -2.21. The van der Waals surface area contributed by atoms with E-state index >= 15 is 0 Å². The minimum Gasteiger partial charge on any atom is -0.361 e. The maximum atomic E-state index is 5.63. The van der Waals surface area contributed by atoms with Gasteiger partial charge in [-0.2, -0.15) is 0 Å². The molecule has 0 saturated carbocycles. The second kappa shape index (κ2) is 4.62. The van der Waals surface area contributed by atoms with Crippen molar-refractivity contribution < 1.29 is 4.74 Å². The number of nitrogens with zero attached hydrogens (tertiary/aromatic N) is 1. The molecule has 66 valence electrons. The van der Waals surface area contributed by atoms with Crippen LogP contribution in [0.25, 0.3) is 0 Å². The second-order valence-corrected chi connectivity index (χ2v) is 3.93. The summed E-state index contributed by atoms with van der Waals surface area (Å²) in [5.74, 6) is 0. The van der Waals surface area contributed by atoms with Gasteiger partial charge in [0.25, 0.3) is 0 Å². The van der Waals surface area contributed by atoms with Crippen molar-refractivity contribution in [2.75, 3.05) is 18.1 Å². The highest BCUT2D eigenvalue weighted by molar-refractivity contribution is 14.1. The fourth-order valence-electron chi connectivity index (χ4n) is 1.38. The van der Waals surface area contributed by atoms with Gasteiger partial charge < -0.3 is 4.74 Å². The summed E-state index contributed by atoms with van der Waals surface area (Å²) in [5, 5.41) is 0. The number of likely N-dealkylation sites (N-methyl/N-ethyl adjacent to an activating group) is 1. The van der Waals surface area contributed by atoms with Crippen LogP contribution in [0, 0.1) is 0 Å². The Kier molecular flexibility index (Phi) is 4.09. The predicted molar refractivity (Wildman–Crippen MR) is 55.1 cm³/mol. The molecule has 0 aromatic carbocycles. The third-order valence-electron chi connectivity index (χ3n) is 2.22. The highest BCUT2D eigenvalue weighted by Crippen LogP contribution is 2.19. The lowest BCUT2D eigenvalue weighted by Crippen LogP contribution is -2.34. The van der Waals surface area contributed by atoms with Gasteiger partial charge in [0.2, 0.25) is 0 Å². The number of ether oxygens (including phenoxy) is 1. The molecule has 1 rings (SSSR count). The smallest absolute Gasteiger partial charge is 0.110 e. The van der Waals surface area contributed by atoms with Crippen molar-refractivity contribution in [3.8, 4) is 0 Å². The van der Waals surface area contributed by atoms with Gasteiger partial charge in [-0.25, -0.2) is 0 Å². The van der Waals surface area contributed by atoms with Crippen LogP contribution in [0.5, 0.6) is 0 Å². The first-order chi connectivity index (χ1) is 5.29. The zero-order valence-corrected chi connectivity index (χ0v) is 9.37. The average Bonchev–Trinajstić information content (AvgIpc) is 2.34. The summed E-state index contributed by atoms with van der Waals surface area (Å²) in [5.41, 5.74) is 0. The molecular weight excluding hydrogens is 253 g/mol. The molecule has 0 spiro atoms. The van der Waals surface area contributed by atoms with Crippen molar-refractivity contribution in [1.82, 2.24) is 4.90 Å². The first-order valence-electron chi connectivity index (χ1n) is 4.19. The summed E-state index contributed by atoms with van der Waals surface area (Å²) >= 11 is 2.42. The van der Waals surface area contributed by atoms with E-state index in [0.717, 1.165) is 6.61 Å². The van der Waals surface area contributed by atoms with Gasteiger partial charge >= 0.3 is 0 Å². The van der Waals surface area contributed by atoms with Gasteiger partial charge in [-0.1, -0.05) is 35.9 Å². The molecule has 1 fully saturated rings. The second-order valence-electron chi connectivity index (χ2n) is 3.05. The molecule has 0 aromatic rings. The molecule has 0 bridgehead atoms. The Hall–Kier alpha value is 0.650. The van der Waals surface area contributed by atoms with Gasteiger partial charge in [0.1, 0.15) is 6.23 Å². The van der Waals surface area contributed by atoms with E-state index in [2.05, 4.69) is 41.5 Å². The van der Waals surface area contributed by atoms with Crippen LogP contribution in [0.15, 0.2) is 0 Å².